The van der Waals surface area contributed by atoms with Crippen LogP contribution >= 0.6 is 11.3 Å². The van der Waals surface area contributed by atoms with E-state index < -0.39 is 0 Å². The van der Waals surface area contributed by atoms with E-state index in [4.69, 9.17) is 0 Å². The van der Waals surface area contributed by atoms with Gasteiger partial charge in [0.15, 0.2) is 0 Å². The Balaban J connectivity index is 0.00000147. The van der Waals surface area contributed by atoms with Gasteiger partial charge in [0.05, 0.1) is 0 Å². The van der Waals surface area contributed by atoms with Crippen LogP contribution in [0.4, 0.5) is 0 Å². The van der Waals surface area contributed by atoms with Crippen molar-refractivity contribution in [1.82, 2.24) is 9.80 Å². The zero-order valence-corrected chi connectivity index (χ0v) is 15.1. The molecule has 1 aromatic carbocycles. The molecule has 2 aromatic rings. The van der Waals surface area contributed by atoms with Gasteiger partial charge >= 0.3 is 0 Å². The van der Waals surface area contributed by atoms with Gasteiger partial charge in [0.2, 0.25) is 0 Å². The Labute approximate surface area is 138 Å². The fourth-order valence-electron chi connectivity index (χ4n) is 2.42. The third-order valence-electron chi connectivity index (χ3n) is 3.73. The fourth-order valence-corrected chi connectivity index (χ4v) is 3.42. The summed E-state index contributed by atoms with van der Waals surface area (Å²) in [6, 6.07) is 8.54. The molecule has 0 saturated heterocycles. The van der Waals surface area contributed by atoms with Gasteiger partial charge in [-0.05, 0) is 32.8 Å². The van der Waals surface area contributed by atoms with Crippen molar-refractivity contribution in [1.29, 1.82) is 0 Å². The number of rotatable bonds is 3. The van der Waals surface area contributed by atoms with E-state index in [1.54, 1.807) is 11.3 Å². The monoisotopic (exact) mass is 463 g/mol. The maximum absolute atomic E-state index is 3.49. The second-order valence-electron chi connectivity index (χ2n) is 5.29. The first kappa shape index (κ1) is 15.6. The second-order valence-corrected chi connectivity index (χ2v) is 6.13. The first-order valence-electron chi connectivity index (χ1n) is 6.60. The molecule has 0 amide bonds. The number of thiophene rings is 1. The second kappa shape index (κ2) is 5.88. The molecule has 0 aliphatic carbocycles. The van der Waals surface area contributed by atoms with Crippen LogP contribution in [0.1, 0.15) is 26.3 Å². The molecule has 4 heteroatoms. The summed E-state index contributed by atoms with van der Waals surface area (Å²) in [6.07, 6.45) is 4.26. The Morgan fingerprint density at radius 1 is 1.25 bits per heavy atom. The van der Waals surface area contributed by atoms with Crippen LogP contribution in [0.25, 0.3) is 10.1 Å². The minimum Gasteiger partial charge on any atom is -0.508 e. The third-order valence-corrected chi connectivity index (χ3v) is 4.62. The summed E-state index contributed by atoms with van der Waals surface area (Å²) in [7, 11) is 0. The molecule has 0 saturated carbocycles. The number of fused-ring (bicyclic) bond motifs is 1. The van der Waals surface area contributed by atoms with Crippen molar-refractivity contribution in [2.45, 2.75) is 26.3 Å². The largest absolute Gasteiger partial charge is 0.508 e. The van der Waals surface area contributed by atoms with E-state index in [2.05, 4.69) is 79.3 Å². The molecule has 0 unspecified atom stereocenters. The van der Waals surface area contributed by atoms with Gasteiger partial charge < -0.3 is 9.80 Å². The van der Waals surface area contributed by atoms with Crippen molar-refractivity contribution in [3.05, 3.63) is 54.3 Å². The van der Waals surface area contributed by atoms with Gasteiger partial charge in [-0.1, -0.05) is 19.1 Å². The molecule has 20 heavy (non-hydrogen) atoms. The van der Waals surface area contributed by atoms with Crippen molar-refractivity contribution in [2.24, 2.45) is 0 Å². The van der Waals surface area contributed by atoms with Crippen LogP contribution in [0, 0.1) is 12.0 Å². The Hall–Kier alpha value is -0.831. The van der Waals surface area contributed by atoms with Crippen LogP contribution in [-0.4, -0.2) is 16.3 Å². The Morgan fingerprint density at radius 2 is 2.00 bits per heavy atom. The molecule has 2 heterocycles. The van der Waals surface area contributed by atoms with E-state index in [1.165, 1.54) is 15.6 Å². The molecule has 1 aromatic heterocycles. The first-order valence-corrected chi connectivity index (χ1v) is 7.42. The van der Waals surface area contributed by atoms with Crippen LogP contribution in [-0.2, 0) is 25.6 Å². The molecule has 1 aliphatic heterocycles. The maximum Gasteiger partial charge on any atom is 0.0103 e. The molecule has 1 aliphatic rings. The topological polar surface area (TPSA) is 6.48 Å². The molecule has 0 bridgehead atoms. The summed E-state index contributed by atoms with van der Waals surface area (Å²) in [5.74, 6) is 0. The van der Waals surface area contributed by atoms with Gasteiger partial charge in [0, 0.05) is 25.6 Å². The zero-order valence-electron chi connectivity index (χ0n) is 11.9. The average molecular weight is 463 g/mol. The third kappa shape index (κ3) is 2.52. The Kier molecular flexibility index (Phi) is 4.58. The van der Waals surface area contributed by atoms with Crippen molar-refractivity contribution in [2.75, 3.05) is 6.54 Å². The summed E-state index contributed by atoms with van der Waals surface area (Å²) >= 11 is 1.70. The maximum atomic E-state index is 3.49. The summed E-state index contributed by atoms with van der Waals surface area (Å²) in [5, 5.41) is 4.81. The minimum absolute atomic E-state index is 0. The summed E-state index contributed by atoms with van der Waals surface area (Å²) < 4.78 is 1.31. The normalized spacial score (nSPS) is 14.9. The van der Waals surface area contributed by atoms with Crippen LogP contribution in [0.3, 0.4) is 0 Å². The zero-order chi connectivity index (χ0) is 13.5. The van der Waals surface area contributed by atoms with Gasteiger partial charge in [0.1, 0.15) is 0 Å². The van der Waals surface area contributed by atoms with Gasteiger partial charge in [-0.15, -0.1) is 27.8 Å². The van der Waals surface area contributed by atoms with E-state index in [0.717, 1.165) is 6.54 Å². The molecule has 0 atom stereocenters. The number of hydrogen-bond donors (Lipinski definition) is 0. The minimum atomic E-state index is -0.0833. The van der Waals surface area contributed by atoms with Crippen LogP contribution in [0.2, 0.25) is 0 Å². The SMILES string of the molecule is CCN1C=CN(C(C)(C)c2[c-]sc3ccccc23)[CH-]1.[Ir]. The molecular weight excluding hydrogens is 444 g/mol. The van der Waals surface area contributed by atoms with Crippen molar-refractivity contribution >= 4 is 21.4 Å². The fraction of sp³-hybridized carbons (Fsp3) is 0.312. The Bertz CT molecular complexity index is 618. The standard InChI is InChI=1S/C16H18N2S.Ir/c1-4-17-9-10-18(12-17)16(2,3)14-11-19-15-8-6-5-7-13(14)15;/h5-10,12H,4H2,1-3H3;/q-2;. The van der Waals surface area contributed by atoms with Crippen molar-refractivity contribution < 1.29 is 20.1 Å². The summed E-state index contributed by atoms with van der Waals surface area (Å²) in [4.78, 5) is 4.46. The smallest absolute Gasteiger partial charge is 0.0103 e. The first-order chi connectivity index (χ1) is 9.13. The van der Waals surface area contributed by atoms with Gasteiger partial charge in [-0.3, -0.25) is 11.3 Å². The predicted molar refractivity (Wildman–Crippen MR) is 81.3 cm³/mol. The van der Waals surface area contributed by atoms with E-state index >= 15 is 0 Å². The number of benzene rings is 1. The average Bonchev–Trinajstić information content (AvgIpc) is 3.06. The van der Waals surface area contributed by atoms with E-state index in [-0.39, 0.29) is 25.6 Å². The van der Waals surface area contributed by atoms with E-state index in [1.807, 2.05) is 0 Å². The molecule has 0 fully saturated rings. The van der Waals surface area contributed by atoms with Crippen molar-refractivity contribution in [3.63, 3.8) is 0 Å². The van der Waals surface area contributed by atoms with E-state index in [0.29, 0.717) is 0 Å². The number of hydrogen-bond acceptors (Lipinski definition) is 3. The van der Waals surface area contributed by atoms with Crippen LogP contribution in [0.15, 0.2) is 36.7 Å². The molecule has 0 spiro atoms. The molecule has 2 nitrogen and oxygen atoms in total. The number of nitrogens with zero attached hydrogens (tertiary/aromatic N) is 2. The van der Waals surface area contributed by atoms with Crippen LogP contribution < -0.4 is 0 Å². The summed E-state index contributed by atoms with van der Waals surface area (Å²) in [6.45, 7) is 9.82. The summed E-state index contributed by atoms with van der Waals surface area (Å²) in [5.41, 5.74) is 1.19. The van der Waals surface area contributed by atoms with E-state index in [9.17, 15) is 0 Å². The molecule has 3 rings (SSSR count). The molecule has 0 N–H and O–H groups in total. The quantitative estimate of drug-likeness (QED) is 0.632. The molecule has 1 radical (unpaired) electrons. The van der Waals surface area contributed by atoms with Crippen molar-refractivity contribution in [3.8, 4) is 0 Å². The van der Waals surface area contributed by atoms with Gasteiger partial charge in [0.25, 0.3) is 0 Å². The Morgan fingerprint density at radius 3 is 2.70 bits per heavy atom. The van der Waals surface area contributed by atoms with Gasteiger partial charge in [-0.2, -0.15) is 12.1 Å². The molecular formula is C16H18IrN2S-2. The molecule has 109 valence electrons. The van der Waals surface area contributed by atoms with Crippen LogP contribution in [0.5, 0.6) is 0 Å². The van der Waals surface area contributed by atoms with Gasteiger partial charge in [-0.25, -0.2) is 0 Å². The predicted octanol–water partition coefficient (Wildman–Crippen LogP) is 4.16.